The molecule has 6 rings (SSSR count). The third-order valence-corrected chi connectivity index (χ3v) is 6.71. The molecule has 3 aliphatic carbocycles. The largest absolute Gasteiger partial charge is 0.217 e. The molecule has 0 radical (unpaired) electrons. The van der Waals surface area contributed by atoms with E-state index in [0.717, 1.165) is 12.3 Å². The van der Waals surface area contributed by atoms with Crippen molar-refractivity contribution in [2.24, 2.45) is 11.8 Å². The highest BCUT2D eigenvalue weighted by Crippen LogP contribution is 2.64. The average Bonchev–Trinajstić information content (AvgIpc) is 2.76. The number of hydrogen-bond donors (Lipinski definition) is 0. The molecule has 6 atom stereocenters. The maximum atomic E-state index is 11.7. The van der Waals surface area contributed by atoms with Gasteiger partial charge in [0.15, 0.2) is 0 Å². The maximum Gasteiger partial charge on any atom is 0.217 e. The Morgan fingerprint density at radius 3 is 2.58 bits per heavy atom. The van der Waals surface area contributed by atoms with Gasteiger partial charge in [0.1, 0.15) is 0 Å². The minimum atomic E-state index is -2.79. The number of nitrogens with zero attached hydrogens (tertiary/aromatic N) is 1. The highest BCUT2D eigenvalue weighted by molar-refractivity contribution is 7.90. The molecule has 3 aliphatic heterocycles. The third-order valence-electron chi connectivity index (χ3n) is 4.33. The average molecular weight is 185 g/mol. The Balaban J connectivity index is 1.98. The first kappa shape index (κ1) is 6.38. The quantitative estimate of drug-likeness (QED) is 0.505. The molecule has 0 amide bonds. The second-order valence-electron chi connectivity index (χ2n) is 4.63. The molecule has 4 heteroatoms. The van der Waals surface area contributed by atoms with Gasteiger partial charge in [-0.25, -0.2) is 8.42 Å². The van der Waals surface area contributed by atoms with Gasteiger partial charge in [0, 0.05) is 12.1 Å². The molecular formula is C8H11NO2S. The molecule has 3 saturated carbocycles. The van der Waals surface area contributed by atoms with E-state index in [1.165, 1.54) is 12.8 Å². The highest BCUT2D eigenvalue weighted by atomic mass is 32.2. The molecule has 6 fully saturated rings. The molecule has 0 aromatic heterocycles. The summed E-state index contributed by atoms with van der Waals surface area (Å²) in [4.78, 5) is 0. The van der Waals surface area contributed by atoms with E-state index in [4.69, 9.17) is 0 Å². The van der Waals surface area contributed by atoms with Crippen molar-refractivity contribution in [3.63, 3.8) is 0 Å². The minimum Gasteiger partial charge on any atom is -0.212 e. The summed E-state index contributed by atoms with van der Waals surface area (Å²) in [6.45, 7) is 0. The summed E-state index contributed by atoms with van der Waals surface area (Å²) < 4.78 is 25.2. The highest BCUT2D eigenvalue weighted by Gasteiger charge is 2.76. The van der Waals surface area contributed by atoms with Crippen LogP contribution < -0.4 is 0 Å². The fraction of sp³-hybridized carbons (Fsp3) is 1.00. The predicted octanol–water partition coefficient (Wildman–Crippen LogP) is 0.181. The zero-order valence-electron chi connectivity index (χ0n) is 6.68. The number of fused-ring (bicyclic) bond motifs is 1. The SMILES string of the molecule is O=S1(=O)[C@H]2C[C@@H]3CC[C@H]2[C@H]2[C@@H]3N21. The van der Waals surface area contributed by atoms with E-state index < -0.39 is 10.0 Å². The Hall–Kier alpha value is -0.0900. The van der Waals surface area contributed by atoms with Crippen LogP contribution in [0.1, 0.15) is 19.3 Å². The summed E-state index contributed by atoms with van der Waals surface area (Å²) >= 11 is 0. The Morgan fingerprint density at radius 1 is 1.17 bits per heavy atom. The Kier molecular flexibility index (Phi) is 0.786. The first-order chi connectivity index (χ1) is 5.71. The lowest BCUT2D eigenvalue weighted by molar-refractivity contribution is 0.218. The van der Waals surface area contributed by atoms with Crippen LogP contribution in [0.15, 0.2) is 0 Å². The van der Waals surface area contributed by atoms with Crippen LogP contribution in [0.25, 0.3) is 0 Å². The molecule has 0 spiro atoms. The standard InChI is InChI=1S/C8H11NO2S/c10-12(11)6-3-4-1-2-5(6)8-7(4)9(8)12/h4-8H,1-3H2/t4-,5+,6-,7+,8-,9?/m0/s1. The van der Waals surface area contributed by atoms with E-state index in [1.54, 1.807) is 0 Å². The second kappa shape index (κ2) is 1.48. The van der Waals surface area contributed by atoms with E-state index >= 15 is 0 Å². The van der Waals surface area contributed by atoms with Gasteiger partial charge >= 0.3 is 0 Å². The fourth-order valence-corrected chi connectivity index (χ4v) is 6.64. The zero-order chi connectivity index (χ0) is 8.09. The van der Waals surface area contributed by atoms with Gasteiger partial charge in [-0.1, -0.05) is 0 Å². The van der Waals surface area contributed by atoms with Crippen molar-refractivity contribution >= 4 is 10.0 Å². The molecule has 12 heavy (non-hydrogen) atoms. The minimum absolute atomic E-state index is 0.0336. The van der Waals surface area contributed by atoms with Gasteiger partial charge in [-0.05, 0) is 31.1 Å². The molecule has 0 aromatic carbocycles. The topological polar surface area (TPSA) is 37.1 Å². The summed E-state index contributed by atoms with van der Waals surface area (Å²) in [5, 5.41) is 0.0336. The number of sulfonamides is 1. The van der Waals surface area contributed by atoms with Crippen molar-refractivity contribution < 1.29 is 8.42 Å². The van der Waals surface area contributed by atoms with Crippen LogP contribution >= 0.6 is 0 Å². The first-order valence-electron chi connectivity index (χ1n) is 4.73. The molecule has 3 heterocycles. The van der Waals surface area contributed by atoms with Gasteiger partial charge < -0.3 is 0 Å². The van der Waals surface area contributed by atoms with E-state index in [9.17, 15) is 8.42 Å². The van der Waals surface area contributed by atoms with E-state index in [-0.39, 0.29) is 5.25 Å². The van der Waals surface area contributed by atoms with Gasteiger partial charge in [0.25, 0.3) is 0 Å². The normalized spacial score (nSPS) is 68.3. The molecular weight excluding hydrogens is 174 g/mol. The monoisotopic (exact) mass is 185 g/mol. The van der Waals surface area contributed by atoms with Crippen molar-refractivity contribution in [2.45, 2.75) is 36.6 Å². The number of hydrogen-bond acceptors (Lipinski definition) is 2. The second-order valence-corrected chi connectivity index (χ2v) is 6.69. The maximum absolute atomic E-state index is 11.7. The van der Waals surface area contributed by atoms with Crippen LogP contribution in [0.2, 0.25) is 0 Å². The van der Waals surface area contributed by atoms with Gasteiger partial charge in [0.05, 0.1) is 5.25 Å². The van der Waals surface area contributed by atoms with E-state index in [2.05, 4.69) is 0 Å². The van der Waals surface area contributed by atoms with Gasteiger partial charge in [-0.3, -0.25) is 0 Å². The van der Waals surface area contributed by atoms with Crippen molar-refractivity contribution in [1.29, 1.82) is 0 Å². The van der Waals surface area contributed by atoms with Crippen molar-refractivity contribution in [3.05, 3.63) is 0 Å². The van der Waals surface area contributed by atoms with Crippen molar-refractivity contribution in [3.8, 4) is 0 Å². The predicted molar refractivity (Wildman–Crippen MR) is 43.0 cm³/mol. The summed E-state index contributed by atoms with van der Waals surface area (Å²) in [6, 6.07) is 0.922. The Morgan fingerprint density at radius 2 is 2.00 bits per heavy atom. The number of rotatable bonds is 0. The molecule has 6 bridgehead atoms. The fourth-order valence-electron chi connectivity index (χ4n) is 3.90. The molecule has 66 valence electrons. The summed E-state index contributed by atoms with van der Waals surface area (Å²) in [6.07, 6.45) is 3.44. The lowest BCUT2D eigenvalue weighted by atomic mass is 9.70. The smallest absolute Gasteiger partial charge is 0.212 e. The lowest BCUT2D eigenvalue weighted by Gasteiger charge is -2.39. The van der Waals surface area contributed by atoms with Gasteiger partial charge in [-0.15, -0.1) is 0 Å². The van der Waals surface area contributed by atoms with E-state index in [1.807, 2.05) is 4.31 Å². The molecule has 3 nitrogen and oxygen atoms in total. The first-order valence-corrected chi connectivity index (χ1v) is 6.24. The van der Waals surface area contributed by atoms with Crippen molar-refractivity contribution in [1.82, 2.24) is 4.31 Å². The van der Waals surface area contributed by atoms with Crippen LogP contribution in [0.5, 0.6) is 0 Å². The van der Waals surface area contributed by atoms with Crippen LogP contribution in [-0.2, 0) is 10.0 Å². The molecule has 1 unspecified atom stereocenters. The lowest BCUT2D eigenvalue weighted by Crippen LogP contribution is -2.46. The van der Waals surface area contributed by atoms with Gasteiger partial charge in [0.2, 0.25) is 10.0 Å². The van der Waals surface area contributed by atoms with Crippen LogP contribution in [-0.4, -0.2) is 30.1 Å². The van der Waals surface area contributed by atoms with E-state index in [0.29, 0.717) is 18.0 Å². The molecule has 0 aromatic rings. The summed E-state index contributed by atoms with van der Waals surface area (Å²) in [7, 11) is -2.79. The molecule has 3 saturated heterocycles. The third kappa shape index (κ3) is 0.427. The summed E-state index contributed by atoms with van der Waals surface area (Å²) in [5.41, 5.74) is 0. The summed E-state index contributed by atoms with van der Waals surface area (Å²) in [5.74, 6) is 1.25. The molecule has 6 aliphatic rings. The van der Waals surface area contributed by atoms with Crippen LogP contribution in [0.4, 0.5) is 0 Å². The Labute approximate surface area is 71.8 Å². The van der Waals surface area contributed by atoms with Crippen LogP contribution in [0.3, 0.4) is 0 Å². The Bertz CT molecular complexity index is 359. The van der Waals surface area contributed by atoms with Gasteiger partial charge in [-0.2, -0.15) is 4.31 Å². The van der Waals surface area contributed by atoms with Crippen LogP contribution in [0, 0.1) is 11.8 Å². The van der Waals surface area contributed by atoms with Crippen molar-refractivity contribution in [2.75, 3.05) is 0 Å². The zero-order valence-corrected chi connectivity index (χ0v) is 7.50. The molecule has 0 N–H and O–H groups in total.